The molecular weight excluding hydrogens is 374 g/mol. The Morgan fingerprint density at radius 1 is 1.04 bits per heavy atom. The van der Waals surface area contributed by atoms with E-state index in [0.717, 1.165) is 33.8 Å². The normalized spacial score (nSPS) is 10.7. The number of benzene rings is 2. The van der Waals surface area contributed by atoms with Gasteiger partial charge in [-0.15, -0.1) is 11.3 Å². The summed E-state index contributed by atoms with van der Waals surface area (Å²) in [5.41, 5.74) is 4.79. The van der Waals surface area contributed by atoms with Crippen LogP contribution in [0.4, 0.5) is 0 Å². The summed E-state index contributed by atoms with van der Waals surface area (Å²) in [5.74, 6) is 0.571. The second-order valence-electron chi connectivity index (χ2n) is 6.64. The third-order valence-electron chi connectivity index (χ3n) is 4.47. The van der Waals surface area contributed by atoms with Gasteiger partial charge in [0, 0.05) is 0 Å². The molecule has 0 unspecified atom stereocenters. The zero-order chi connectivity index (χ0) is 20.3. The number of carboxylic acids is 1. The topological polar surface area (TPSA) is 68.7 Å². The van der Waals surface area contributed by atoms with Crippen LogP contribution in [-0.4, -0.2) is 29.3 Å². The van der Waals surface area contributed by atoms with Crippen molar-refractivity contribution in [2.24, 2.45) is 0 Å². The maximum absolute atomic E-state index is 11.3. The largest absolute Gasteiger partial charge is 0.490 e. The smallest absolute Gasteiger partial charge is 0.347 e. The average Bonchev–Trinajstić information content (AvgIpc) is 3.04. The van der Waals surface area contributed by atoms with Crippen molar-refractivity contribution in [1.82, 2.24) is 4.98 Å². The van der Waals surface area contributed by atoms with Crippen molar-refractivity contribution in [3.63, 3.8) is 0 Å². The molecule has 0 aliphatic heterocycles. The Kier molecular flexibility index (Phi) is 5.99. The third kappa shape index (κ3) is 4.34. The van der Waals surface area contributed by atoms with Gasteiger partial charge in [0.1, 0.15) is 34.6 Å². The highest BCUT2D eigenvalue weighted by Crippen LogP contribution is 2.34. The number of aromatic nitrogens is 1. The number of carbonyl (C=O) groups is 1. The van der Waals surface area contributed by atoms with E-state index >= 15 is 0 Å². The van der Waals surface area contributed by atoms with Gasteiger partial charge in [0.15, 0.2) is 0 Å². The lowest BCUT2D eigenvalue weighted by molar-refractivity contribution is 0.0701. The number of thiazole rings is 1. The number of aromatic carboxylic acids is 1. The minimum Gasteiger partial charge on any atom is -0.490 e. The van der Waals surface area contributed by atoms with E-state index in [9.17, 15) is 9.90 Å². The molecule has 146 valence electrons. The maximum atomic E-state index is 11.3. The minimum atomic E-state index is -0.961. The number of ether oxygens (including phenoxy) is 2. The van der Waals surface area contributed by atoms with E-state index in [-0.39, 0.29) is 4.88 Å². The predicted octanol–water partition coefficient (Wildman–Crippen LogP) is 5.20. The lowest BCUT2D eigenvalue weighted by Gasteiger charge is -2.14. The summed E-state index contributed by atoms with van der Waals surface area (Å²) < 4.78 is 11.8. The molecule has 0 radical (unpaired) electrons. The Hall–Kier alpha value is -2.86. The van der Waals surface area contributed by atoms with Gasteiger partial charge in [-0.3, -0.25) is 0 Å². The quantitative estimate of drug-likeness (QED) is 0.555. The fraction of sp³-hybridized carbons (Fsp3) is 0.273. The SMILES string of the molecule is Cc1cc(C)c(C)c(OCCOc2ccccc2-c2nc(C)c(C(=O)O)s2)c1. The molecule has 0 amide bonds. The first-order valence-corrected chi connectivity index (χ1v) is 9.82. The van der Waals surface area contributed by atoms with Crippen molar-refractivity contribution < 1.29 is 19.4 Å². The molecule has 3 aromatic rings. The van der Waals surface area contributed by atoms with E-state index in [4.69, 9.17) is 9.47 Å². The molecule has 0 fully saturated rings. The molecule has 2 aromatic carbocycles. The molecule has 5 nitrogen and oxygen atoms in total. The second kappa shape index (κ2) is 8.44. The van der Waals surface area contributed by atoms with E-state index < -0.39 is 5.97 Å². The molecule has 0 aliphatic rings. The molecule has 28 heavy (non-hydrogen) atoms. The minimum absolute atomic E-state index is 0.249. The maximum Gasteiger partial charge on any atom is 0.347 e. The van der Waals surface area contributed by atoms with Crippen LogP contribution in [-0.2, 0) is 0 Å². The molecule has 0 spiro atoms. The fourth-order valence-corrected chi connectivity index (χ4v) is 3.87. The van der Waals surface area contributed by atoms with Crippen LogP contribution in [0.2, 0.25) is 0 Å². The second-order valence-corrected chi connectivity index (χ2v) is 7.64. The summed E-state index contributed by atoms with van der Waals surface area (Å²) in [7, 11) is 0. The summed E-state index contributed by atoms with van der Waals surface area (Å²) in [6, 6.07) is 11.7. The molecule has 1 heterocycles. The van der Waals surface area contributed by atoms with Crippen LogP contribution in [0.25, 0.3) is 10.6 Å². The summed E-state index contributed by atoms with van der Waals surface area (Å²) in [6.07, 6.45) is 0. The summed E-state index contributed by atoms with van der Waals surface area (Å²) in [4.78, 5) is 15.9. The van der Waals surface area contributed by atoms with E-state index in [2.05, 4.69) is 18.0 Å². The molecule has 0 saturated carbocycles. The highest BCUT2D eigenvalue weighted by atomic mass is 32.1. The van der Waals surface area contributed by atoms with Gasteiger partial charge in [-0.05, 0) is 62.6 Å². The summed E-state index contributed by atoms with van der Waals surface area (Å²) in [5, 5.41) is 9.90. The Labute approximate surface area is 168 Å². The molecule has 0 aliphatic carbocycles. The highest BCUT2D eigenvalue weighted by molar-refractivity contribution is 7.17. The van der Waals surface area contributed by atoms with Gasteiger partial charge < -0.3 is 14.6 Å². The Bertz CT molecular complexity index is 1010. The molecule has 6 heteroatoms. The number of hydrogen-bond acceptors (Lipinski definition) is 5. The number of hydrogen-bond donors (Lipinski definition) is 1. The van der Waals surface area contributed by atoms with Crippen molar-refractivity contribution >= 4 is 17.3 Å². The van der Waals surface area contributed by atoms with Gasteiger partial charge in [-0.2, -0.15) is 0 Å². The molecule has 3 rings (SSSR count). The Morgan fingerprint density at radius 3 is 2.39 bits per heavy atom. The standard InChI is InChI=1S/C22H23NO4S/c1-13-11-14(2)15(3)19(12-13)27-10-9-26-18-8-6-5-7-17(18)21-23-16(4)20(28-21)22(24)25/h5-8,11-12H,9-10H2,1-4H3,(H,24,25). The van der Waals surface area contributed by atoms with Gasteiger partial charge in [0.2, 0.25) is 0 Å². The molecule has 1 aromatic heterocycles. The van der Waals surface area contributed by atoms with Crippen LogP contribution < -0.4 is 9.47 Å². The third-order valence-corrected chi connectivity index (χ3v) is 5.65. The molecule has 0 bridgehead atoms. The van der Waals surface area contributed by atoms with Crippen molar-refractivity contribution in [3.05, 3.63) is 63.7 Å². The van der Waals surface area contributed by atoms with Crippen molar-refractivity contribution in [1.29, 1.82) is 0 Å². The van der Waals surface area contributed by atoms with Gasteiger partial charge in [-0.25, -0.2) is 9.78 Å². The Morgan fingerprint density at radius 2 is 1.71 bits per heavy atom. The Balaban J connectivity index is 1.69. The first kappa shape index (κ1) is 19.9. The van der Waals surface area contributed by atoms with Crippen molar-refractivity contribution in [2.75, 3.05) is 13.2 Å². The fourth-order valence-electron chi connectivity index (χ4n) is 2.93. The average molecular weight is 397 g/mol. The molecule has 0 saturated heterocycles. The van der Waals surface area contributed by atoms with Crippen LogP contribution in [0.1, 0.15) is 32.1 Å². The van der Waals surface area contributed by atoms with E-state index in [0.29, 0.717) is 29.7 Å². The lowest BCUT2D eigenvalue weighted by Crippen LogP contribution is -2.10. The van der Waals surface area contributed by atoms with Crippen molar-refractivity contribution in [3.8, 4) is 22.1 Å². The molecular formula is C22H23NO4S. The first-order valence-electron chi connectivity index (χ1n) is 9.00. The number of para-hydroxylation sites is 1. The monoisotopic (exact) mass is 397 g/mol. The molecule has 0 atom stereocenters. The summed E-state index contributed by atoms with van der Waals surface area (Å²) >= 11 is 1.15. The van der Waals surface area contributed by atoms with E-state index in [1.807, 2.05) is 44.2 Å². The van der Waals surface area contributed by atoms with Gasteiger partial charge in [0.25, 0.3) is 0 Å². The zero-order valence-electron chi connectivity index (χ0n) is 16.4. The van der Waals surface area contributed by atoms with Crippen LogP contribution in [0.15, 0.2) is 36.4 Å². The summed E-state index contributed by atoms with van der Waals surface area (Å²) in [6.45, 7) is 8.66. The first-order chi connectivity index (χ1) is 13.4. The van der Waals surface area contributed by atoms with E-state index in [1.54, 1.807) is 6.92 Å². The number of rotatable bonds is 7. The van der Waals surface area contributed by atoms with Crippen molar-refractivity contribution in [2.45, 2.75) is 27.7 Å². The van der Waals surface area contributed by atoms with Crippen LogP contribution in [0.5, 0.6) is 11.5 Å². The van der Waals surface area contributed by atoms with Crippen LogP contribution in [0.3, 0.4) is 0 Å². The predicted molar refractivity (Wildman–Crippen MR) is 111 cm³/mol. The van der Waals surface area contributed by atoms with Gasteiger partial charge in [-0.1, -0.05) is 18.2 Å². The zero-order valence-corrected chi connectivity index (χ0v) is 17.2. The van der Waals surface area contributed by atoms with Crippen LogP contribution >= 0.6 is 11.3 Å². The molecule has 1 N–H and O–H groups in total. The van der Waals surface area contributed by atoms with Gasteiger partial charge in [0.05, 0.1) is 11.3 Å². The number of carboxylic acid groups (broad SMARTS) is 1. The van der Waals surface area contributed by atoms with E-state index in [1.165, 1.54) is 5.56 Å². The number of nitrogens with zero attached hydrogens (tertiary/aromatic N) is 1. The number of aryl methyl sites for hydroxylation is 3. The van der Waals surface area contributed by atoms with Gasteiger partial charge >= 0.3 is 5.97 Å². The highest BCUT2D eigenvalue weighted by Gasteiger charge is 2.17. The lowest BCUT2D eigenvalue weighted by atomic mass is 10.1. The van der Waals surface area contributed by atoms with Crippen LogP contribution in [0, 0.1) is 27.7 Å².